The summed E-state index contributed by atoms with van der Waals surface area (Å²) in [5.41, 5.74) is 5.16. The number of aliphatic hydroxyl groups is 1. The number of aliphatic hydroxyl groups excluding tert-OH is 1. The molecule has 1 aliphatic rings. The number of nitrogens with zero attached hydrogens (tertiary/aromatic N) is 2. The number of alkyl halides is 3. The summed E-state index contributed by atoms with van der Waals surface area (Å²) in [5, 5.41) is 22.5. The summed E-state index contributed by atoms with van der Waals surface area (Å²) < 4.78 is 41.3. The van der Waals surface area contributed by atoms with Crippen LogP contribution in [0.4, 0.5) is 24.7 Å². The minimum absolute atomic E-state index is 0.0408. The van der Waals surface area contributed by atoms with Crippen LogP contribution in [-0.2, 0) is 6.18 Å². The number of pyridine rings is 1. The molecule has 0 bridgehead atoms. The second-order valence-corrected chi connectivity index (χ2v) is 8.95. The van der Waals surface area contributed by atoms with E-state index in [1.165, 1.54) is 0 Å². The largest absolute Gasteiger partial charge is 0.477 e. The lowest BCUT2D eigenvalue weighted by atomic mass is 10.0. The molecule has 0 spiro atoms. The average molecular weight is 481 g/mol. The maximum atomic E-state index is 13.8. The molecule has 1 aliphatic heterocycles. The van der Waals surface area contributed by atoms with E-state index >= 15 is 0 Å². The van der Waals surface area contributed by atoms with Gasteiger partial charge >= 0.3 is 12.1 Å². The molecule has 0 amide bonds. The summed E-state index contributed by atoms with van der Waals surface area (Å²) in [4.78, 5) is 17.1. The zero-order valence-electron chi connectivity index (χ0n) is 17.5. The molecule has 1 fully saturated rings. The van der Waals surface area contributed by atoms with Crippen molar-refractivity contribution in [1.82, 2.24) is 10.3 Å². The molecular formula is C22H23F3N4O3S. The first-order chi connectivity index (χ1) is 15.6. The third-order valence-corrected chi connectivity index (χ3v) is 6.88. The molecule has 3 aromatic rings. The second kappa shape index (κ2) is 9.16. The molecule has 0 radical (unpaired) electrons. The van der Waals surface area contributed by atoms with Gasteiger partial charge in [-0.15, -0.1) is 11.3 Å². The normalized spacial score (nSPS) is 16.3. The molecule has 1 saturated heterocycles. The quantitative estimate of drug-likeness (QED) is 0.424. The molecule has 4 rings (SSSR count). The number of benzene rings is 1. The van der Waals surface area contributed by atoms with Gasteiger partial charge in [0.05, 0.1) is 17.4 Å². The highest BCUT2D eigenvalue weighted by Gasteiger charge is 2.37. The van der Waals surface area contributed by atoms with Gasteiger partial charge in [0.25, 0.3) is 0 Å². The van der Waals surface area contributed by atoms with Crippen LogP contribution in [0.1, 0.15) is 39.7 Å². The van der Waals surface area contributed by atoms with Crippen LogP contribution in [0.5, 0.6) is 0 Å². The number of carbonyl (C=O) groups is 1. The molecule has 3 heterocycles. The summed E-state index contributed by atoms with van der Waals surface area (Å²) in [6, 6.07) is 10.4. The minimum Gasteiger partial charge on any atom is -0.477 e. The molecule has 5 N–H and O–H groups in total. The van der Waals surface area contributed by atoms with Crippen LogP contribution in [-0.4, -0.2) is 46.8 Å². The highest BCUT2D eigenvalue weighted by Crippen LogP contribution is 2.43. The van der Waals surface area contributed by atoms with E-state index in [0.717, 1.165) is 11.6 Å². The summed E-state index contributed by atoms with van der Waals surface area (Å²) in [7, 11) is 0. The number of halogens is 3. The number of nitrogens with one attached hydrogen (secondary N) is 1. The van der Waals surface area contributed by atoms with Gasteiger partial charge in [-0.25, -0.2) is 9.78 Å². The Morgan fingerprint density at radius 1 is 1.27 bits per heavy atom. The van der Waals surface area contributed by atoms with Gasteiger partial charge in [-0.3, -0.25) is 0 Å². The SMILES string of the molecule is Nc1c(C(=O)O)sc2nc(N3CCC(NC[C@H](O)c4ccccc4)CC3)cc(C(F)(F)F)c12. The number of thiophene rings is 1. The van der Waals surface area contributed by atoms with Crippen molar-refractivity contribution in [2.24, 2.45) is 0 Å². The van der Waals surface area contributed by atoms with Crippen LogP contribution in [0.25, 0.3) is 10.2 Å². The monoisotopic (exact) mass is 480 g/mol. The number of anilines is 2. The number of carboxylic acid groups (broad SMARTS) is 1. The number of hydrogen-bond acceptors (Lipinski definition) is 7. The van der Waals surface area contributed by atoms with E-state index in [2.05, 4.69) is 10.3 Å². The van der Waals surface area contributed by atoms with Crippen LogP contribution in [0, 0.1) is 0 Å². The number of aromatic carboxylic acids is 1. The number of rotatable bonds is 6. The molecule has 0 saturated carbocycles. The van der Waals surface area contributed by atoms with Gasteiger partial charge in [0.15, 0.2) is 0 Å². The third kappa shape index (κ3) is 4.90. The highest BCUT2D eigenvalue weighted by atomic mass is 32.1. The summed E-state index contributed by atoms with van der Waals surface area (Å²) >= 11 is 0.648. The van der Waals surface area contributed by atoms with Gasteiger partial charge in [-0.1, -0.05) is 30.3 Å². The van der Waals surface area contributed by atoms with Crippen molar-refractivity contribution in [1.29, 1.82) is 0 Å². The molecule has 7 nitrogen and oxygen atoms in total. The predicted molar refractivity (Wildman–Crippen MR) is 121 cm³/mol. The Morgan fingerprint density at radius 2 is 1.94 bits per heavy atom. The van der Waals surface area contributed by atoms with Crippen molar-refractivity contribution >= 4 is 39.0 Å². The van der Waals surface area contributed by atoms with Crippen molar-refractivity contribution in [3.05, 3.63) is 52.4 Å². The van der Waals surface area contributed by atoms with Gasteiger partial charge in [0, 0.05) is 31.1 Å². The number of carboxylic acids is 1. The van der Waals surface area contributed by atoms with Crippen molar-refractivity contribution in [2.45, 2.75) is 31.2 Å². The number of nitrogens with two attached hydrogens (primary N) is 1. The molecule has 176 valence electrons. The maximum absolute atomic E-state index is 13.8. The van der Waals surface area contributed by atoms with Crippen LogP contribution >= 0.6 is 11.3 Å². The zero-order chi connectivity index (χ0) is 23.8. The van der Waals surface area contributed by atoms with Crippen LogP contribution in [0.3, 0.4) is 0 Å². The molecule has 0 aliphatic carbocycles. The van der Waals surface area contributed by atoms with Crippen molar-refractivity contribution in [2.75, 3.05) is 30.3 Å². The maximum Gasteiger partial charge on any atom is 0.417 e. The first-order valence-electron chi connectivity index (χ1n) is 10.4. The molecular weight excluding hydrogens is 457 g/mol. The number of nitrogen functional groups attached to an aromatic ring is 1. The number of hydrogen-bond donors (Lipinski definition) is 4. The molecule has 33 heavy (non-hydrogen) atoms. The van der Waals surface area contributed by atoms with Crippen molar-refractivity contribution in [3.63, 3.8) is 0 Å². The second-order valence-electron chi connectivity index (χ2n) is 7.95. The first-order valence-corrected chi connectivity index (χ1v) is 11.2. The molecule has 1 atom stereocenters. The van der Waals surface area contributed by atoms with E-state index in [1.54, 1.807) is 4.90 Å². The van der Waals surface area contributed by atoms with Gasteiger partial charge in [-0.2, -0.15) is 13.2 Å². The Morgan fingerprint density at radius 3 is 2.55 bits per heavy atom. The van der Waals surface area contributed by atoms with Gasteiger partial charge < -0.3 is 26.2 Å². The van der Waals surface area contributed by atoms with E-state index in [4.69, 9.17) is 5.73 Å². The van der Waals surface area contributed by atoms with Crippen molar-refractivity contribution < 1.29 is 28.2 Å². The fourth-order valence-corrected chi connectivity index (χ4v) is 4.99. The Balaban J connectivity index is 1.48. The lowest BCUT2D eigenvalue weighted by molar-refractivity contribution is -0.136. The van der Waals surface area contributed by atoms with Gasteiger partial charge in [-0.05, 0) is 24.5 Å². The van der Waals surface area contributed by atoms with E-state index in [1.807, 2.05) is 30.3 Å². The van der Waals surface area contributed by atoms with Crippen molar-refractivity contribution in [3.8, 4) is 0 Å². The molecule has 11 heteroatoms. The molecule has 1 aromatic carbocycles. The zero-order valence-corrected chi connectivity index (χ0v) is 18.3. The number of piperidine rings is 1. The Kier molecular flexibility index (Phi) is 6.46. The third-order valence-electron chi connectivity index (χ3n) is 5.79. The summed E-state index contributed by atoms with van der Waals surface area (Å²) in [6.45, 7) is 1.33. The van der Waals surface area contributed by atoms with Gasteiger partial charge in [0.2, 0.25) is 0 Å². The Labute approximate surface area is 191 Å². The smallest absolute Gasteiger partial charge is 0.417 e. The summed E-state index contributed by atoms with van der Waals surface area (Å²) in [6.07, 6.45) is -4.02. The predicted octanol–water partition coefficient (Wildman–Crippen LogP) is 3.89. The number of fused-ring (bicyclic) bond motifs is 1. The standard InChI is InChI=1S/C22H23F3N4O3S/c23-22(24,25)14-10-16(28-20-17(14)18(26)19(33-20)21(31)32)29-8-6-13(7-9-29)27-11-15(30)12-4-2-1-3-5-12/h1-5,10,13,15,27,30H,6-9,11,26H2,(H,31,32)/t15-/m0/s1. The fraction of sp³-hybridized carbons (Fsp3) is 0.364. The minimum atomic E-state index is -4.70. The van der Waals surface area contributed by atoms with E-state index in [-0.39, 0.29) is 27.0 Å². The highest BCUT2D eigenvalue weighted by molar-refractivity contribution is 7.21. The molecule has 0 unspecified atom stereocenters. The Bertz CT molecular complexity index is 1150. The van der Waals surface area contributed by atoms with Crippen LogP contribution in [0.15, 0.2) is 36.4 Å². The first kappa shape index (κ1) is 23.3. The van der Waals surface area contributed by atoms with E-state index < -0.39 is 29.5 Å². The van der Waals surface area contributed by atoms with Crippen LogP contribution < -0.4 is 16.0 Å². The number of aromatic nitrogens is 1. The van der Waals surface area contributed by atoms with E-state index in [0.29, 0.717) is 43.8 Å². The lowest BCUT2D eigenvalue weighted by Crippen LogP contribution is -2.44. The average Bonchev–Trinajstić information content (AvgIpc) is 3.14. The summed E-state index contributed by atoms with van der Waals surface area (Å²) in [5.74, 6) is -1.23. The fourth-order valence-electron chi connectivity index (χ4n) is 4.04. The van der Waals surface area contributed by atoms with Gasteiger partial charge in [0.1, 0.15) is 15.5 Å². The molecule has 2 aromatic heterocycles. The van der Waals surface area contributed by atoms with E-state index in [9.17, 15) is 28.2 Å². The van der Waals surface area contributed by atoms with Crippen LogP contribution in [0.2, 0.25) is 0 Å². The lowest BCUT2D eigenvalue weighted by Gasteiger charge is -2.34. The Hall–Kier alpha value is -2.89. The topological polar surface area (TPSA) is 112 Å².